The monoisotopic (exact) mass is 237 g/mol. The molecule has 0 aliphatic rings. The van der Waals surface area contributed by atoms with Crippen LogP contribution in [0.15, 0.2) is 12.1 Å². The van der Waals surface area contributed by atoms with Crippen LogP contribution >= 0.6 is 0 Å². The molecule has 0 aliphatic carbocycles. The molecule has 96 valence electrons. The minimum atomic E-state index is 0.466. The summed E-state index contributed by atoms with van der Waals surface area (Å²) in [6.45, 7) is 5.70. The van der Waals surface area contributed by atoms with E-state index in [1.165, 1.54) is 0 Å². The average Bonchev–Trinajstić information content (AvgIpc) is 2.28. The van der Waals surface area contributed by atoms with Gasteiger partial charge >= 0.3 is 0 Å². The maximum atomic E-state index is 5.57. The predicted molar refractivity (Wildman–Crippen MR) is 70.1 cm³/mol. The Morgan fingerprint density at radius 1 is 1.47 bits per heavy atom. The van der Waals surface area contributed by atoms with E-state index in [4.69, 9.17) is 10.5 Å². The van der Waals surface area contributed by atoms with E-state index < -0.39 is 0 Å². The molecule has 0 spiro atoms. The fourth-order valence-corrected chi connectivity index (χ4v) is 1.77. The smallest absolute Gasteiger partial charge is 0.122 e. The maximum Gasteiger partial charge on any atom is 0.122 e. The van der Waals surface area contributed by atoms with Crippen LogP contribution in [0.5, 0.6) is 5.75 Å². The van der Waals surface area contributed by atoms with Gasteiger partial charge in [-0.25, -0.2) is 0 Å². The van der Waals surface area contributed by atoms with Crippen molar-refractivity contribution in [2.45, 2.75) is 32.9 Å². The van der Waals surface area contributed by atoms with Gasteiger partial charge in [-0.2, -0.15) is 0 Å². The van der Waals surface area contributed by atoms with Crippen molar-refractivity contribution in [2.24, 2.45) is 5.73 Å². The van der Waals surface area contributed by atoms with Crippen molar-refractivity contribution in [3.8, 4) is 5.75 Å². The third-order valence-electron chi connectivity index (χ3n) is 2.96. The first-order chi connectivity index (χ1) is 8.06. The minimum Gasteiger partial charge on any atom is -0.497 e. The highest BCUT2D eigenvalue weighted by atomic mass is 16.5. The van der Waals surface area contributed by atoms with Gasteiger partial charge in [0, 0.05) is 30.4 Å². The molecule has 0 amide bonds. The van der Waals surface area contributed by atoms with Crippen molar-refractivity contribution in [3.63, 3.8) is 0 Å². The average molecular weight is 237 g/mol. The Kier molecular flexibility index (Phi) is 5.38. The first-order valence-corrected chi connectivity index (χ1v) is 5.98. The van der Waals surface area contributed by atoms with Crippen molar-refractivity contribution in [3.05, 3.63) is 23.5 Å². The lowest BCUT2D eigenvalue weighted by Gasteiger charge is -2.24. The molecular weight excluding hydrogens is 214 g/mol. The van der Waals surface area contributed by atoms with Crippen molar-refractivity contribution in [1.82, 2.24) is 9.88 Å². The normalized spacial score (nSPS) is 12.8. The van der Waals surface area contributed by atoms with Crippen LogP contribution in [0.2, 0.25) is 0 Å². The van der Waals surface area contributed by atoms with Gasteiger partial charge < -0.3 is 10.5 Å². The molecule has 1 aromatic rings. The molecule has 0 bridgehead atoms. The third kappa shape index (κ3) is 4.32. The molecule has 0 fully saturated rings. The summed E-state index contributed by atoms with van der Waals surface area (Å²) < 4.78 is 5.25. The number of nitrogens with zero attached hydrogens (tertiary/aromatic N) is 2. The summed E-state index contributed by atoms with van der Waals surface area (Å²) in [7, 11) is 3.77. The summed E-state index contributed by atoms with van der Waals surface area (Å²) in [5.41, 5.74) is 7.59. The second kappa shape index (κ2) is 6.57. The zero-order chi connectivity index (χ0) is 12.8. The van der Waals surface area contributed by atoms with E-state index in [2.05, 4.69) is 23.9 Å². The van der Waals surface area contributed by atoms with Gasteiger partial charge in [-0.05, 0) is 33.9 Å². The Morgan fingerprint density at radius 2 is 2.18 bits per heavy atom. The van der Waals surface area contributed by atoms with Crippen molar-refractivity contribution in [1.29, 1.82) is 0 Å². The molecule has 0 radical (unpaired) electrons. The molecular formula is C13H23N3O. The maximum absolute atomic E-state index is 5.57. The van der Waals surface area contributed by atoms with Gasteiger partial charge in [0.25, 0.3) is 0 Å². The fourth-order valence-electron chi connectivity index (χ4n) is 1.77. The van der Waals surface area contributed by atoms with Crippen LogP contribution in [0.3, 0.4) is 0 Å². The summed E-state index contributed by atoms with van der Waals surface area (Å²) in [4.78, 5) is 6.77. The molecule has 1 atom stereocenters. The van der Waals surface area contributed by atoms with E-state index in [1.807, 2.05) is 19.1 Å². The number of hydrogen-bond donors (Lipinski definition) is 1. The molecule has 0 saturated heterocycles. The standard InChI is InChI=1S/C13H23N3O/c1-10-7-13(17-4)8-12(15-10)9-16(3)11(2)5-6-14/h7-8,11H,5-6,9,14H2,1-4H3. The second-order valence-electron chi connectivity index (χ2n) is 4.48. The molecule has 0 aromatic carbocycles. The highest BCUT2D eigenvalue weighted by Crippen LogP contribution is 2.15. The summed E-state index contributed by atoms with van der Waals surface area (Å²) in [5, 5.41) is 0. The molecule has 1 unspecified atom stereocenters. The second-order valence-corrected chi connectivity index (χ2v) is 4.48. The van der Waals surface area contributed by atoms with Gasteiger partial charge in [0.15, 0.2) is 0 Å². The number of aryl methyl sites for hydroxylation is 1. The Hall–Kier alpha value is -1.13. The Labute approximate surface area is 104 Å². The zero-order valence-electron chi connectivity index (χ0n) is 11.2. The van der Waals surface area contributed by atoms with E-state index in [9.17, 15) is 0 Å². The fraction of sp³-hybridized carbons (Fsp3) is 0.615. The lowest BCUT2D eigenvalue weighted by Crippen LogP contribution is -2.30. The zero-order valence-corrected chi connectivity index (χ0v) is 11.2. The van der Waals surface area contributed by atoms with E-state index in [0.29, 0.717) is 6.04 Å². The molecule has 0 saturated carbocycles. The van der Waals surface area contributed by atoms with Gasteiger partial charge in [0.2, 0.25) is 0 Å². The lowest BCUT2D eigenvalue weighted by atomic mass is 10.2. The van der Waals surface area contributed by atoms with Gasteiger partial charge in [-0.15, -0.1) is 0 Å². The van der Waals surface area contributed by atoms with Crippen LogP contribution in [0.25, 0.3) is 0 Å². The first-order valence-electron chi connectivity index (χ1n) is 5.98. The molecule has 0 aliphatic heterocycles. The number of nitrogens with two attached hydrogens (primary N) is 1. The van der Waals surface area contributed by atoms with E-state index in [0.717, 1.165) is 36.6 Å². The number of pyridine rings is 1. The quantitative estimate of drug-likeness (QED) is 0.816. The topological polar surface area (TPSA) is 51.4 Å². The predicted octanol–water partition coefficient (Wildman–Crippen LogP) is 1.57. The van der Waals surface area contributed by atoms with Crippen molar-refractivity contribution < 1.29 is 4.74 Å². The molecule has 1 heterocycles. The Balaban J connectivity index is 2.70. The van der Waals surface area contributed by atoms with E-state index in [-0.39, 0.29) is 0 Å². The van der Waals surface area contributed by atoms with Gasteiger partial charge in [0.1, 0.15) is 5.75 Å². The molecule has 4 nitrogen and oxygen atoms in total. The number of rotatable bonds is 6. The minimum absolute atomic E-state index is 0.466. The van der Waals surface area contributed by atoms with Crippen molar-refractivity contribution in [2.75, 3.05) is 20.7 Å². The van der Waals surface area contributed by atoms with E-state index in [1.54, 1.807) is 7.11 Å². The highest BCUT2D eigenvalue weighted by molar-refractivity contribution is 5.26. The number of hydrogen-bond acceptors (Lipinski definition) is 4. The van der Waals surface area contributed by atoms with Gasteiger partial charge in [-0.3, -0.25) is 9.88 Å². The van der Waals surface area contributed by atoms with E-state index >= 15 is 0 Å². The van der Waals surface area contributed by atoms with Crippen LogP contribution in [0, 0.1) is 6.92 Å². The van der Waals surface area contributed by atoms with Crippen LogP contribution in [0.1, 0.15) is 24.7 Å². The SMILES string of the molecule is COc1cc(C)nc(CN(C)C(C)CCN)c1. The summed E-state index contributed by atoms with van der Waals surface area (Å²) in [5.74, 6) is 0.868. The van der Waals surface area contributed by atoms with Gasteiger partial charge in [-0.1, -0.05) is 0 Å². The number of ether oxygens (including phenoxy) is 1. The number of aromatic nitrogens is 1. The summed E-state index contributed by atoms with van der Waals surface area (Å²) >= 11 is 0. The van der Waals surface area contributed by atoms with Crippen LogP contribution in [-0.4, -0.2) is 36.6 Å². The molecule has 2 N–H and O–H groups in total. The summed E-state index contributed by atoms with van der Waals surface area (Å²) in [6, 6.07) is 4.39. The molecule has 17 heavy (non-hydrogen) atoms. The van der Waals surface area contributed by atoms with Crippen LogP contribution in [-0.2, 0) is 6.54 Å². The highest BCUT2D eigenvalue weighted by Gasteiger charge is 2.10. The molecule has 4 heteroatoms. The molecule has 1 aromatic heterocycles. The first kappa shape index (κ1) is 13.9. The largest absolute Gasteiger partial charge is 0.497 e. The summed E-state index contributed by atoms with van der Waals surface area (Å²) in [6.07, 6.45) is 0.999. The van der Waals surface area contributed by atoms with Crippen LogP contribution in [0.4, 0.5) is 0 Å². The Bertz CT molecular complexity index is 355. The number of methoxy groups -OCH3 is 1. The molecule has 1 rings (SSSR count). The van der Waals surface area contributed by atoms with Crippen LogP contribution < -0.4 is 10.5 Å². The van der Waals surface area contributed by atoms with Crippen molar-refractivity contribution >= 4 is 0 Å². The lowest BCUT2D eigenvalue weighted by molar-refractivity contribution is 0.237. The Morgan fingerprint density at radius 3 is 2.76 bits per heavy atom. The third-order valence-corrected chi connectivity index (χ3v) is 2.96. The van der Waals surface area contributed by atoms with Gasteiger partial charge in [0.05, 0.1) is 12.8 Å².